The Balaban J connectivity index is 1.97. The number of halogens is 1. The molecule has 0 aliphatic carbocycles. The number of H-pyrrole nitrogens is 1. The van der Waals surface area contributed by atoms with Crippen molar-refractivity contribution in [2.75, 3.05) is 21.3 Å². The monoisotopic (exact) mass is 423 g/mol. The van der Waals surface area contributed by atoms with E-state index in [-0.39, 0.29) is 11.2 Å². The minimum atomic E-state index is -1.15. The lowest BCUT2D eigenvalue weighted by Crippen LogP contribution is -2.02. The van der Waals surface area contributed by atoms with Crippen molar-refractivity contribution in [2.24, 2.45) is 0 Å². The van der Waals surface area contributed by atoms with E-state index in [9.17, 15) is 14.3 Å². The predicted octanol–water partition coefficient (Wildman–Crippen LogP) is 4.16. The number of aromatic amines is 1. The van der Waals surface area contributed by atoms with Crippen molar-refractivity contribution in [1.29, 1.82) is 0 Å². The summed E-state index contributed by atoms with van der Waals surface area (Å²) in [4.78, 5) is 16.6. The standard InChI is InChI=1S/C22H18FN3O5/c1-29-16-9-8-13(19(30-2)20(16)31-3)15-10-14(22(27)28)17-18(25-26-21(17)24-15)11-4-6-12(23)7-5-11/h4-10H,1-3H3,(H,27,28)(H,24,25,26). The number of nitrogens with one attached hydrogen (secondary N) is 1. The van der Waals surface area contributed by atoms with Crippen LogP contribution in [0.4, 0.5) is 4.39 Å². The van der Waals surface area contributed by atoms with Crippen LogP contribution in [0.2, 0.25) is 0 Å². The molecule has 9 heteroatoms. The van der Waals surface area contributed by atoms with E-state index in [1.54, 1.807) is 24.3 Å². The number of rotatable bonds is 6. The van der Waals surface area contributed by atoms with Gasteiger partial charge in [0.05, 0.1) is 43.7 Å². The van der Waals surface area contributed by atoms with Crippen molar-refractivity contribution in [2.45, 2.75) is 0 Å². The minimum Gasteiger partial charge on any atom is -0.493 e. The Morgan fingerprint density at radius 3 is 2.32 bits per heavy atom. The van der Waals surface area contributed by atoms with Gasteiger partial charge in [-0.25, -0.2) is 14.2 Å². The molecule has 0 atom stereocenters. The smallest absolute Gasteiger partial charge is 0.336 e. The Kier molecular flexibility index (Phi) is 5.16. The molecule has 2 heterocycles. The number of nitrogens with zero attached hydrogens (tertiary/aromatic N) is 2. The van der Waals surface area contributed by atoms with Crippen LogP contribution < -0.4 is 14.2 Å². The van der Waals surface area contributed by atoms with Gasteiger partial charge >= 0.3 is 5.97 Å². The first-order chi connectivity index (χ1) is 15.0. The Hall–Kier alpha value is -4.14. The number of aromatic nitrogens is 3. The molecule has 4 rings (SSSR count). The molecule has 0 saturated carbocycles. The number of benzene rings is 2. The van der Waals surface area contributed by atoms with Gasteiger partial charge in [-0.1, -0.05) is 0 Å². The highest BCUT2D eigenvalue weighted by atomic mass is 19.1. The first-order valence-corrected chi connectivity index (χ1v) is 9.16. The molecule has 0 unspecified atom stereocenters. The van der Waals surface area contributed by atoms with Crippen molar-refractivity contribution in [3.63, 3.8) is 0 Å². The number of carboxylic acids is 1. The third-order valence-electron chi connectivity index (χ3n) is 4.87. The molecular weight excluding hydrogens is 405 g/mol. The van der Waals surface area contributed by atoms with Crippen LogP contribution in [-0.2, 0) is 0 Å². The number of ether oxygens (including phenoxy) is 3. The second-order valence-corrected chi connectivity index (χ2v) is 6.55. The van der Waals surface area contributed by atoms with Crippen molar-refractivity contribution >= 4 is 17.0 Å². The summed E-state index contributed by atoms with van der Waals surface area (Å²) in [5.74, 6) is -0.388. The van der Waals surface area contributed by atoms with E-state index in [1.807, 2.05) is 0 Å². The van der Waals surface area contributed by atoms with Crippen molar-refractivity contribution in [3.05, 3.63) is 53.8 Å². The highest BCUT2D eigenvalue weighted by Crippen LogP contribution is 2.44. The van der Waals surface area contributed by atoms with Crippen LogP contribution >= 0.6 is 0 Å². The number of hydrogen-bond donors (Lipinski definition) is 2. The van der Waals surface area contributed by atoms with E-state index < -0.39 is 11.8 Å². The summed E-state index contributed by atoms with van der Waals surface area (Å²) in [6.45, 7) is 0. The number of carbonyl (C=O) groups is 1. The maximum absolute atomic E-state index is 13.3. The molecule has 31 heavy (non-hydrogen) atoms. The summed E-state index contributed by atoms with van der Waals surface area (Å²) in [5, 5.41) is 17.2. The molecule has 4 aromatic rings. The number of hydrogen-bond acceptors (Lipinski definition) is 6. The topological polar surface area (TPSA) is 107 Å². The zero-order valence-corrected chi connectivity index (χ0v) is 16.9. The van der Waals surface area contributed by atoms with Gasteiger partial charge in [0, 0.05) is 11.1 Å². The highest BCUT2D eigenvalue weighted by Gasteiger charge is 2.23. The third-order valence-corrected chi connectivity index (χ3v) is 4.87. The SMILES string of the molecule is COc1ccc(-c2cc(C(=O)O)c3c(-c4ccc(F)cc4)[nH]nc3n2)c(OC)c1OC. The summed E-state index contributed by atoms with van der Waals surface area (Å²) in [5.41, 5.74) is 2.06. The number of methoxy groups -OCH3 is 3. The Labute approximate surface area is 176 Å². The second kappa shape index (κ2) is 7.94. The van der Waals surface area contributed by atoms with Gasteiger partial charge in [-0.15, -0.1) is 0 Å². The molecule has 0 bridgehead atoms. The molecule has 0 aliphatic rings. The van der Waals surface area contributed by atoms with E-state index in [0.29, 0.717) is 45.1 Å². The summed E-state index contributed by atoms with van der Waals surface area (Å²) in [6.07, 6.45) is 0. The Morgan fingerprint density at radius 2 is 1.71 bits per heavy atom. The first-order valence-electron chi connectivity index (χ1n) is 9.16. The van der Waals surface area contributed by atoms with Gasteiger partial charge in [0.1, 0.15) is 5.82 Å². The molecule has 8 nitrogen and oxygen atoms in total. The van der Waals surface area contributed by atoms with E-state index in [0.717, 1.165) is 0 Å². The molecule has 2 aromatic carbocycles. The number of pyridine rings is 1. The second-order valence-electron chi connectivity index (χ2n) is 6.55. The molecule has 2 N–H and O–H groups in total. The average molecular weight is 423 g/mol. The largest absolute Gasteiger partial charge is 0.493 e. The molecule has 0 amide bonds. The summed E-state index contributed by atoms with van der Waals surface area (Å²) >= 11 is 0. The van der Waals surface area contributed by atoms with E-state index in [4.69, 9.17) is 14.2 Å². The van der Waals surface area contributed by atoms with Crippen LogP contribution in [0, 0.1) is 5.82 Å². The number of aromatic carboxylic acids is 1. The quantitative estimate of drug-likeness (QED) is 0.480. The first kappa shape index (κ1) is 20.1. The van der Waals surface area contributed by atoms with Crippen LogP contribution in [0.1, 0.15) is 10.4 Å². The lowest BCUT2D eigenvalue weighted by Gasteiger charge is -2.15. The Morgan fingerprint density at radius 1 is 1.00 bits per heavy atom. The predicted molar refractivity (Wildman–Crippen MR) is 111 cm³/mol. The maximum Gasteiger partial charge on any atom is 0.336 e. The van der Waals surface area contributed by atoms with Crippen molar-refractivity contribution in [3.8, 4) is 39.8 Å². The van der Waals surface area contributed by atoms with Crippen molar-refractivity contribution in [1.82, 2.24) is 15.2 Å². The number of fused-ring (bicyclic) bond motifs is 1. The van der Waals surface area contributed by atoms with E-state index in [1.165, 1.54) is 39.5 Å². The third kappa shape index (κ3) is 3.39. The lowest BCUT2D eigenvalue weighted by atomic mass is 10.0. The normalized spacial score (nSPS) is 10.8. The molecule has 2 aromatic heterocycles. The van der Waals surface area contributed by atoms with Crippen molar-refractivity contribution < 1.29 is 28.5 Å². The van der Waals surface area contributed by atoms with Gasteiger partial charge in [0.2, 0.25) is 5.75 Å². The number of carboxylic acid groups (broad SMARTS) is 1. The summed E-state index contributed by atoms with van der Waals surface area (Å²) < 4.78 is 29.5. The maximum atomic E-state index is 13.3. The van der Waals surface area contributed by atoms with E-state index >= 15 is 0 Å². The zero-order valence-electron chi connectivity index (χ0n) is 16.9. The molecule has 0 fully saturated rings. The van der Waals surface area contributed by atoms with Gasteiger partial charge in [0.25, 0.3) is 0 Å². The molecule has 0 spiro atoms. The van der Waals surface area contributed by atoms with Crippen LogP contribution in [-0.4, -0.2) is 47.6 Å². The minimum absolute atomic E-state index is 0.00934. The lowest BCUT2D eigenvalue weighted by molar-refractivity contribution is 0.0699. The molecule has 0 saturated heterocycles. The van der Waals surface area contributed by atoms with Gasteiger partial charge in [0.15, 0.2) is 17.1 Å². The highest BCUT2D eigenvalue weighted by molar-refractivity contribution is 6.08. The van der Waals surface area contributed by atoms with E-state index in [2.05, 4.69) is 15.2 Å². The average Bonchev–Trinajstić information content (AvgIpc) is 3.21. The summed E-state index contributed by atoms with van der Waals surface area (Å²) in [7, 11) is 4.45. The zero-order chi connectivity index (χ0) is 22.1. The summed E-state index contributed by atoms with van der Waals surface area (Å²) in [6, 6.07) is 10.5. The molecular formula is C22H18FN3O5. The fourth-order valence-electron chi connectivity index (χ4n) is 3.46. The Bertz CT molecular complexity index is 1280. The fraction of sp³-hybridized carbons (Fsp3) is 0.136. The van der Waals surface area contributed by atoms with Gasteiger partial charge in [-0.3, -0.25) is 5.10 Å². The fourth-order valence-corrected chi connectivity index (χ4v) is 3.46. The van der Waals surface area contributed by atoms with Gasteiger partial charge in [-0.2, -0.15) is 5.10 Å². The van der Waals surface area contributed by atoms with Crippen LogP contribution in [0.15, 0.2) is 42.5 Å². The molecule has 0 radical (unpaired) electrons. The molecule has 0 aliphatic heterocycles. The van der Waals surface area contributed by atoms with Gasteiger partial charge in [-0.05, 0) is 42.5 Å². The molecule has 158 valence electrons. The van der Waals surface area contributed by atoms with Crippen LogP contribution in [0.25, 0.3) is 33.5 Å². The van der Waals surface area contributed by atoms with Crippen LogP contribution in [0.5, 0.6) is 17.2 Å². The van der Waals surface area contributed by atoms with Gasteiger partial charge < -0.3 is 19.3 Å². The van der Waals surface area contributed by atoms with Crippen LogP contribution in [0.3, 0.4) is 0 Å².